The number of nitrogens with two attached hydrogens (primary N) is 1. The summed E-state index contributed by atoms with van der Waals surface area (Å²) in [5.41, 5.74) is 5.38. The van der Waals surface area contributed by atoms with E-state index in [-0.39, 0.29) is 18.7 Å². The zero-order chi connectivity index (χ0) is 19.2. The van der Waals surface area contributed by atoms with E-state index in [4.69, 9.17) is 10.5 Å². The van der Waals surface area contributed by atoms with Gasteiger partial charge in [0, 0.05) is 13.5 Å². The van der Waals surface area contributed by atoms with E-state index in [1.54, 1.807) is 32.9 Å². The molecule has 0 heterocycles. The number of rotatable bonds is 6. The van der Waals surface area contributed by atoms with E-state index in [0.29, 0.717) is 0 Å². The highest BCUT2D eigenvalue weighted by molar-refractivity contribution is 5.88. The monoisotopic (exact) mass is 351 g/mol. The fraction of sp³-hybridized carbons (Fsp3) is 0.471. The van der Waals surface area contributed by atoms with Crippen LogP contribution >= 0.6 is 0 Å². The van der Waals surface area contributed by atoms with Gasteiger partial charge in [0.15, 0.2) is 0 Å². The van der Waals surface area contributed by atoms with Gasteiger partial charge in [-0.05, 0) is 38.5 Å². The number of primary amides is 1. The molecular weight excluding hydrogens is 326 g/mol. The summed E-state index contributed by atoms with van der Waals surface area (Å²) in [5, 5.41) is 11.8. The summed E-state index contributed by atoms with van der Waals surface area (Å²) in [6.45, 7) is 4.90. The maximum atomic E-state index is 12.1. The van der Waals surface area contributed by atoms with Crippen LogP contribution in [-0.4, -0.2) is 53.1 Å². The van der Waals surface area contributed by atoms with Crippen LogP contribution in [0.25, 0.3) is 0 Å². The number of phenolic OH excluding ortho intramolecular Hbond substituents is 1. The highest BCUT2D eigenvalue weighted by Gasteiger charge is 2.23. The highest BCUT2D eigenvalue weighted by atomic mass is 16.6. The Hall–Kier alpha value is -2.77. The number of hydrogen-bond acceptors (Lipinski definition) is 5. The molecule has 0 aliphatic rings. The van der Waals surface area contributed by atoms with Crippen molar-refractivity contribution in [1.29, 1.82) is 0 Å². The topological polar surface area (TPSA) is 122 Å². The molecule has 0 saturated carbocycles. The van der Waals surface area contributed by atoms with E-state index < -0.39 is 29.6 Å². The van der Waals surface area contributed by atoms with E-state index in [2.05, 4.69) is 5.32 Å². The number of nitrogens with zero attached hydrogens (tertiary/aromatic N) is 1. The Kier molecular flexibility index (Phi) is 6.78. The number of phenols is 1. The lowest BCUT2D eigenvalue weighted by molar-refractivity contribution is -0.127. The van der Waals surface area contributed by atoms with Crippen LogP contribution in [0.15, 0.2) is 24.3 Å². The molecule has 0 aromatic heterocycles. The lowest BCUT2D eigenvalue weighted by atomic mass is 10.1. The Bertz CT molecular complexity index is 622. The average Bonchev–Trinajstić information content (AvgIpc) is 2.46. The second kappa shape index (κ2) is 8.36. The molecule has 0 saturated heterocycles. The number of ether oxygens (including phenoxy) is 1. The number of hydrogen-bond donors (Lipinski definition) is 3. The van der Waals surface area contributed by atoms with E-state index in [1.165, 1.54) is 19.2 Å². The highest BCUT2D eigenvalue weighted by Crippen LogP contribution is 2.11. The normalized spacial score (nSPS) is 12.2. The molecule has 1 aromatic rings. The number of amides is 3. The summed E-state index contributed by atoms with van der Waals surface area (Å²) in [6.07, 6.45) is -0.464. The quantitative estimate of drug-likeness (QED) is 0.699. The van der Waals surface area contributed by atoms with Crippen molar-refractivity contribution in [3.8, 4) is 5.75 Å². The Balaban J connectivity index is 2.63. The molecular formula is C17H25N3O5. The van der Waals surface area contributed by atoms with Crippen molar-refractivity contribution in [3.63, 3.8) is 0 Å². The second-order valence-corrected chi connectivity index (χ2v) is 6.73. The third-order valence-corrected chi connectivity index (χ3v) is 3.14. The van der Waals surface area contributed by atoms with Crippen molar-refractivity contribution < 1.29 is 24.2 Å². The van der Waals surface area contributed by atoms with E-state index in [9.17, 15) is 19.5 Å². The van der Waals surface area contributed by atoms with Gasteiger partial charge in [-0.1, -0.05) is 12.1 Å². The van der Waals surface area contributed by atoms with Crippen LogP contribution in [0.1, 0.15) is 26.3 Å². The van der Waals surface area contributed by atoms with Crippen molar-refractivity contribution in [2.24, 2.45) is 5.73 Å². The molecule has 0 radical (unpaired) electrons. The van der Waals surface area contributed by atoms with Crippen LogP contribution in [0.4, 0.5) is 4.79 Å². The first kappa shape index (κ1) is 20.3. The Labute approximate surface area is 146 Å². The molecule has 25 heavy (non-hydrogen) atoms. The first-order chi connectivity index (χ1) is 11.5. The Morgan fingerprint density at radius 3 is 2.28 bits per heavy atom. The summed E-state index contributed by atoms with van der Waals surface area (Å²) in [4.78, 5) is 36.6. The molecule has 138 valence electrons. The standard InChI is InChI=1S/C17H25N3O5/c1-17(2,3)25-16(24)20(4)10-14(22)19-13(15(18)23)9-11-5-7-12(21)8-6-11/h5-8,13,21H,9-10H2,1-4H3,(H2,18,23)(H,19,22). The van der Waals surface area contributed by atoms with Gasteiger partial charge in [-0.15, -0.1) is 0 Å². The second-order valence-electron chi connectivity index (χ2n) is 6.73. The van der Waals surface area contributed by atoms with Gasteiger partial charge in [0.05, 0.1) is 0 Å². The zero-order valence-corrected chi connectivity index (χ0v) is 14.9. The fourth-order valence-electron chi connectivity index (χ4n) is 1.95. The SMILES string of the molecule is CN(CC(=O)NC(Cc1ccc(O)cc1)C(N)=O)C(=O)OC(C)(C)C. The third kappa shape index (κ3) is 7.56. The lowest BCUT2D eigenvalue weighted by Gasteiger charge is -2.25. The molecule has 0 fully saturated rings. The molecule has 0 aliphatic heterocycles. The predicted molar refractivity (Wildman–Crippen MR) is 91.8 cm³/mol. The van der Waals surface area contributed by atoms with Gasteiger partial charge in [0.25, 0.3) is 0 Å². The van der Waals surface area contributed by atoms with Gasteiger partial charge in [0.2, 0.25) is 11.8 Å². The van der Waals surface area contributed by atoms with Gasteiger partial charge in [-0.2, -0.15) is 0 Å². The molecule has 1 rings (SSSR count). The van der Waals surface area contributed by atoms with E-state index in [1.807, 2.05) is 0 Å². The molecule has 0 aliphatic carbocycles. The zero-order valence-electron chi connectivity index (χ0n) is 14.9. The van der Waals surface area contributed by atoms with Gasteiger partial charge < -0.3 is 25.8 Å². The summed E-state index contributed by atoms with van der Waals surface area (Å²) < 4.78 is 5.15. The number of benzene rings is 1. The van der Waals surface area contributed by atoms with Crippen LogP contribution < -0.4 is 11.1 Å². The summed E-state index contributed by atoms with van der Waals surface area (Å²) in [6, 6.07) is 5.29. The van der Waals surface area contributed by atoms with Gasteiger partial charge >= 0.3 is 6.09 Å². The summed E-state index contributed by atoms with van der Waals surface area (Å²) >= 11 is 0. The summed E-state index contributed by atoms with van der Waals surface area (Å²) in [7, 11) is 1.42. The maximum absolute atomic E-state index is 12.1. The first-order valence-corrected chi connectivity index (χ1v) is 7.78. The minimum absolute atomic E-state index is 0.0994. The number of likely N-dealkylation sites (N-methyl/N-ethyl adjacent to an activating group) is 1. The maximum Gasteiger partial charge on any atom is 0.410 e. The molecule has 8 nitrogen and oxygen atoms in total. The van der Waals surface area contributed by atoms with Crippen LogP contribution in [0.2, 0.25) is 0 Å². The molecule has 0 spiro atoms. The third-order valence-electron chi connectivity index (χ3n) is 3.14. The average molecular weight is 351 g/mol. The van der Waals surface area contributed by atoms with Crippen LogP contribution in [-0.2, 0) is 20.7 Å². The number of carbonyl (C=O) groups excluding carboxylic acids is 3. The van der Waals surface area contributed by atoms with Crippen LogP contribution in [0, 0.1) is 0 Å². The van der Waals surface area contributed by atoms with Crippen molar-refractivity contribution in [2.45, 2.75) is 38.8 Å². The Morgan fingerprint density at radius 1 is 1.24 bits per heavy atom. The fourth-order valence-corrected chi connectivity index (χ4v) is 1.95. The first-order valence-electron chi connectivity index (χ1n) is 7.78. The molecule has 1 unspecified atom stereocenters. The molecule has 0 bridgehead atoms. The van der Waals surface area contributed by atoms with Crippen molar-refractivity contribution in [1.82, 2.24) is 10.2 Å². The van der Waals surface area contributed by atoms with Crippen molar-refractivity contribution >= 4 is 17.9 Å². The minimum atomic E-state index is -0.927. The van der Waals surface area contributed by atoms with Crippen LogP contribution in [0.5, 0.6) is 5.75 Å². The molecule has 1 aromatic carbocycles. The molecule has 3 amide bonds. The van der Waals surface area contributed by atoms with Crippen LogP contribution in [0.3, 0.4) is 0 Å². The van der Waals surface area contributed by atoms with Gasteiger partial charge in [0.1, 0.15) is 23.9 Å². The molecule has 4 N–H and O–H groups in total. The van der Waals surface area contributed by atoms with E-state index in [0.717, 1.165) is 10.5 Å². The largest absolute Gasteiger partial charge is 0.508 e. The molecule has 8 heteroatoms. The van der Waals surface area contributed by atoms with Gasteiger partial charge in [-0.25, -0.2) is 4.79 Å². The van der Waals surface area contributed by atoms with Crippen molar-refractivity contribution in [3.05, 3.63) is 29.8 Å². The summed E-state index contributed by atoms with van der Waals surface area (Å²) in [5.74, 6) is -1.13. The number of aromatic hydroxyl groups is 1. The van der Waals surface area contributed by atoms with Gasteiger partial charge in [-0.3, -0.25) is 9.59 Å². The Morgan fingerprint density at radius 2 is 1.80 bits per heavy atom. The van der Waals surface area contributed by atoms with Crippen molar-refractivity contribution in [2.75, 3.05) is 13.6 Å². The van der Waals surface area contributed by atoms with E-state index >= 15 is 0 Å². The smallest absolute Gasteiger partial charge is 0.410 e. The minimum Gasteiger partial charge on any atom is -0.508 e. The predicted octanol–water partition coefficient (Wildman–Crippen LogP) is 0.772. The lowest BCUT2D eigenvalue weighted by Crippen LogP contribution is -2.49. The molecule has 1 atom stereocenters. The number of nitrogens with one attached hydrogen (secondary N) is 1. The number of carbonyl (C=O) groups is 3.